The van der Waals surface area contributed by atoms with Gasteiger partial charge in [0.25, 0.3) is 0 Å². The summed E-state index contributed by atoms with van der Waals surface area (Å²) in [5, 5.41) is 0. The van der Waals surface area contributed by atoms with E-state index in [1.54, 1.807) is 6.08 Å². The molecule has 0 nitrogen and oxygen atoms in total. The Hall–Kier alpha value is -1.30. The second kappa shape index (κ2) is 3.67. The monoisotopic (exact) mass is 130 g/mol. The van der Waals surface area contributed by atoms with Gasteiger partial charge >= 0.3 is 0 Å². The highest BCUT2D eigenvalue weighted by Crippen LogP contribution is 1.99. The van der Waals surface area contributed by atoms with Crippen molar-refractivity contribution in [2.24, 2.45) is 0 Å². The fourth-order valence-corrected chi connectivity index (χ4v) is 0.743. The highest BCUT2D eigenvalue weighted by atomic mass is 13.8. The van der Waals surface area contributed by atoms with Crippen LogP contribution in [0.15, 0.2) is 49.1 Å². The molecule has 0 aromatic heterocycles. The first-order valence-corrected chi connectivity index (χ1v) is 3.27. The van der Waals surface area contributed by atoms with Crippen LogP contribution in [0.1, 0.15) is 5.56 Å². The van der Waals surface area contributed by atoms with E-state index in [4.69, 9.17) is 0 Å². The molecule has 0 unspecified atom stereocenters. The third-order valence-corrected chi connectivity index (χ3v) is 1.22. The Labute approximate surface area is 61.5 Å². The highest BCUT2D eigenvalue weighted by molar-refractivity contribution is 5.50. The smallest absolute Gasteiger partial charge is 0.0257 e. The van der Waals surface area contributed by atoms with Crippen LogP contribution in [0.4, 0.5) is 0 Å². The molecule has 0 saturated carbocycles. The summed E-state index contributed by atoms with van der Waals surface area (Å²) in [5.41, 5.74) is 1.21. The van der Waals surface area contributed by atoms with Gasteiger partial charge in [-0.25, -0.2) is 0 Å². The summed E-state index contributed by atoms with van der Waals surface area (Å²) in [7, 11) is 0. The molecule has 0 heterocycles. The van der Waals surface area contributed by atoms with Crippen molar-refractivity contribution < 1.29 is 0 Å². The van der Waals surface area contributed by atoms with Gasteiger partial charge < -0.3 is 0 Å². The molecule has 1 aromatic carbocycles. The second-order valence-electron chi connectivity index (χ2n) is 2.01. The maximum Gasteiger partial charge on any atom is -0.0257 e. The van der Waals surface area contributed by atoms with Crippen molar-refractivity contribution in [1.82, 2.24) is 0 Å². The summed E-state index contributed by atoms with van der Waals surface area (Å²) in [6.45, 7) is 3.59. The molecule has 0 fully saturated rings. The van der Waals surface area contributed by atoms with E-state index >= 15 is 0 Å². The predicted molar refractivity (Wildman–Crippen MR) is 45.7 cm³/mol. The van der Waals surface area contributed by atoms with E-state index in [-0.39, 0.29) is 0 Å². The van der Waals surface area contributed by atoms with Crippen LogP contribution in [0.2, 0.25) is 0 Å². The molecule has 1 aromatic rings. The quantitative estimate of drug-likeness (QED) is 0.540. The van der Waals surface area contributed by atoms with Crippen molar-refractivity contribution in [2.75, 3.05) is 0 Å². The average Bonchev–Trinajstić information content (AvgIpc) is 2.03. The van der Waals surface area contributed by atoms with Crippen molar-refractivity contribution in [2.45, 2.75) is 0 Å². The van der Waals surface area contributed by atoms with Crippen LogP contribution < -0.4 is 0 Å². The van der Waals surface area contributed by atoms with Crippen LogP contribution in [0.25, 0.3) is 6.08 Å². The normalized spacial score (nSPS) is 10.0. The number of rotatable bonds is 2. The minimum Gasteiger partial charge on any atom is -0.0991 e. The Bertz CT molecular complexity index is 219. The van der Waals surface area contributed by atoms with E-state index in [2.05, 4.69) is 18.7 Å². The Balaban J connectivity index is 2.76. The Morgan fingerprint density at radius 2 is 1.80 bits per heavy atom. The summed E-state index contributed by atoms with van der Waals surface area (Å²) in [4.78, 5) is 0. The van der Waals surface area contributed by atoms with Gasteiger partial charge in [0, 0.05) is 0 Å². The molecule has 1 rings (SSSR count). The Kier molecular flexibility index (Phi) is 2.50. The van der Waals surface area contributed by atoms with Crippen molar-refractivity contribution in [3.05, 3.63) is 54.6 Å². The third-order valence-electron chi connectivity index (χ3n) is 1.22. The summed E-state index contributed by atoms with van der Waals surface area (Å²) < 4.78 is 0. The molecule has 0 N–H and O–H groups in total. The van der Waals surface area contributed by atoms with Gasteiger partial charge in [0.1, 0.15) is 0 Å². The number of hydrogen-bond acceptors (Lipinski definition) is 0. The van der Waals surface area contributed by atoms with Gasteiger partial charge in [0.15, 0.2) is 0 Å². The zero-order chi connectivity index (χ0) is 7.23. The Morgan fingerprint density at radius 1 is 1.10 bits per heavy atom. The predicted octanol–water partition coefficient (Wildman–Crippen LogP) is 2.89. The molecule has 0 aliphatic heterocycles. The lowest BCUT2D eigenvalue weighted by Gasteiger charge is -1.87. The van der Waals surface area contributed by atoms with E-state index in [0.717, 1.165) is 0 Å². The zero-order valence-corrected chi connectivity index (χ0v) is 5.83. The largest absolute Gasteiger partial charge is 0.0991 e. The van der Waals surface area contributed by atoms with Crippen LogP contribution in [-0.4, -0.2) is 0 Å². The average molecular weight is 130 g/mol. The Morgan fingerprint density at radius 3 is 2.40 bits per heavy atom. The molecule has 0 atom stereocenters. The van der Waals surface area contributed by atoms with Crippen LogP contribution in [0, 0.1) is 0 Å². The lowest BCUT2D eigenvalue weighted by Crippen LogP contribution is -1.65. The lowest BCUT2D eigenvalue weighted by molar-refractivity contribution is 1.66. The molecule has 0 amide bonds. The van der Waals surface area contributed by atoms with Crippen molar-refractivity contribution in [3.63, 3.8) is 0 Å². The lowest BCUT2D eigenvalue weighted by atomic mass is 10.2. The molecule has 0 aliphatic rings. The fraction of sp³-hybridized carbons (Fsp3) is 0. The number of hydrogen-bond donors (Lipinski definition) is 0. The highest BCUT2D eigenvalue weighted by Gasteiger charge is 1.78. The number of benzene rings is 1. The molecule has 10 heavy (non-hydrogen) atoms. The second-order valence-corrected chi connectivity index (χ2v) is 2.01. The number of allylic oxidation sites excluding steroid dienone is 2. The van der Waals surface area contributed by atoms with E-state index in [9.17, 15) is 0 Å². The van der Waals surface area contributed by atoms with E-state index in [0.29, 0.717) is 0 Å². The first-order chi connectivity index (χ1) is 4.93. The molecule has 0 heteroatoms. The van der Waals surface area contributed by atoms with E-state index < -0.39 is 0 Å². The van der Waals surface area contributed by atoms with E-state index in [1.165, 1.54) is 5.56 Å². The maximum atomic E-state index is 3.59. The third kappa shape index (κ3) is 1.90. The first kappa shape index (κ1) is 6.81. The van der Waals surface area contributed by atoms with E-state index in [1.807, 2.05) is 30.4 Å². The zero-order valence-electron chi connectivity index (χ0n) is 5.83. The molecule has 0 saturated heterocycles. The van der Waals surface area contributed by atoms with Crippen molar-refractivity contribution in [1.29, 1.82) is 0 Å². The molecule has 0 spiro atoms. The van der Waals surface area contributed by atoms with Gasteiger partial charge in [-0.3, -0.25) is 0 Å². The van der Waals surface area contributed by atoms with Gasteiger partial charge in [0.05, 0.1) is 0 Å². The fourth-order valence-electron chi connectivity index (χ4n) is 0.743. The van der Waals surface area contributed by atoms with Gasteiger partial charge in [-0.1, -0.05) is 55.1 Å². The molecule has 50 valence electrons. The van der Waals surface area contributed by atoms with Gasteiger partial charge in [-0.05, 0) is 5.56 Å². The summed E-state index contributed by atoms with van der Waals surface area (Å²) in [6.07, 6.45) is 5.72. The molecule has 0 radical (unpaired) electrons. The van der Waals surface area contributed by atoms with Gasteiger partial charge in [-0.15, -0.1) is 0 Å². The molecular formula is C10H10. The van der Waals surface area contributed by atoms with Gasteiger partial charge in [0.2, 0.25) is 0 Å². The van der Waals surface area contributed by atoms with Crippen LogP contribution in [-0.2, 0) is 0 Å². The summed E-state index contributed by atoms with van der Waals surface area (Å²) in [5.74, 6) is 0. The van der Waals surface area contributed by atoms with Crippen LogP contribution in [0.5, 0.6) is 0 Å². The van der Waals surface area contributed by atoms with Crippen LogP contribution in [0.3, 0.4) is 0 Å². The van der Waals surface area contributed by atoms with Crippen molar-refractivity contribution in [3.8, 4) is 0 Å². The van der Waals surface area contributed by atoms with Crippen molar-refractivity contribution >= 4 is 6.08 Å². The maximum absolute atomic E-state index is 3.59. The summed E-state index contributed by atoms with van der Waals surface area (Å²) in [6, 6.07) is 10.1. The SMILES string of the molecule is C=C/C=C\c1ccccc1. The first-order valence-electron chi connectivity index (χ1n) is 3.27. The topological polar surface area (TPSA) is 0 Å². The summed E-state index contributed by atoms with van der Waals surface area (Å²) >= 11 is 0. The molecule has 0 bridgehead atoms. The minimum absolute atomic E-state index is 1.21. The molecule has 0 aliphatic carbocycles. The minimum atomic E-state index is 1.21. The van der Waals surface area contributed by atoms with Gasteiger partial charge in [-0.2, -0.15) is 0 Å². The standard InChI is InChI=1S/C10H10/c1-2-3-7-10-8-5-4-6-9-10/h2-9H,1H2/b7-3-. The molecular weight excluding hydrogens is 120 g/mol. The van der Waals surface area contributed by atoms with Crippen LogP contribution >= 0.6 is 0 Å².